The molecule has 0 radical (unpaired) electrons. The van der Waals surface area contributed by atoms with Gasteiger partial charge < -0.3 is 5.32 Å². The van der Waals surface area contributed by atoms with Crippen LogP contribution in [0.5, 0.6) is 0 Å². The smallest absolute Gasteiger partial charge is 0.331 e. The van der Waals surface area contributed by atoms with E-state index in [4.69, 9.17) is 0 Å². The number of carbonyl (C=O) groups is 3. The van der Waals surface area contributed by atoms with Crippen LogP contribution in [0.3, 0.4) is 0 Å². The second-order valence-corrected chi connectivity index (χ2v) is 5.58. The van der Waals surface area contributed by atoms with E-state index in [1.54, 1.807) is 0 Å². The molecule has 1 heterocycles. The van der Waals surface area contributed by atoms with Gasteiger partial charge in [-0.15, -0.1) is 0 Å². The molecule has 22 heavy (non-hydrogen) atoms. The highest BCUT2D eigenvalue weighted by molar-refractivity contribution is 6.17. The Labute approximate surface area is 128 Å². The van der Waals surface area contributed by atoms with Crippen LogP contribution >= 0.6 is 0 Å². The summed E-state index contributed by atoms with van der Waals surface area (Å²) >= 11 is 0. The molecule has 1 unspecified atom stereocenters. The van der Waals surface area contributed by atoms with Gasteiger partial charge in [-0.2, -0.15) is 0 Å². The third-order valence-electron chi connectivity index (χ3n) is 3.75. The van der Waals surface area contributed by atoms with Crippen molar-refractivity contribution in [2.75, 3.05) is 0 Å². The van der Waals surface area contributed by atoms with Crippen molar-refractivity contribution in [3.8, 4) is 0 Å². The fourth-order valence-electron chi connectivity index (χ4n) is 2.41. The number of barbiturate groups is 1. The maximum absolute atomic E-state index is 12.5. The first-order chi connectivity index (χ1) is 10.6. The number of hydrogen-bond acceptors (Lipinski definition) is 4. The molecule has 1 aromatic carbocycles. The second-order valence-electron chi connectivity index (χ2n) is 5.58. The summed E-state index contributed by atoms with van der Waals surface area (Å²) in [4.78, 5) is 37.5. The maximum atomic E-state index is 12.5. The molecule has 0 aromatic heterocycles. The average molecular weight is 299 g/mol. The maximum Gasteiger partial charge on any atom is 0.331 e. The largest absolute Gasteiger partial charge is 0.385 e. The number of nitrogens with one attached hydrogen (secondary N) is 2. The predicted molar refractivity (Wildman–Crippen MR) is 79.3 cm³/mol. The van der Waals surface area contributed by atoms with Gasteiger partial charge in [0.05, 0.1) is 6.54 Å². The molecule has 0 spiro atoms. The van der Waals surface area contributed by atoms with Crippen LogP contribution in [-0.2, 0) is 16.1 Å². The van der Waals surface area contributed by atoms with E-state index in [-0.39, 0.29) is 12.6 Å². The van der Waals surface area contributed by atoms with Crippen molar-refractivity contribution >= 4 is 17.8 Å². The minimum Gasteiger partial charge on any atom is -0.385 e. The molecule has 1 saturated carbocycles. The van der Waals surface area contributed by atoms with E-state index in [0.717, 1.165) is 23.3 Å². The summed E-state index contributed by atoms with van der Waals surface area (Å²) in [5, 5.41) is 5.30. The van der Waals surface area contributed by atoms with Crippen molar-refractivity contribution in [3.05, 3.63) is 48.2 Å². The molecule has 2 N–H and O–H groups in total. The van der Waals surface area contributed by atoms with Gasteiger partial charge in [-0.3, -0.25) is 19.8 Å². The molecule has 1 aliphatic heterocycles. The van der Waals surface area contributed by atoms with Crippen LogP contribution in [0.1, 0.15) is 18.4 Å². The van der Waals surface area contributed by atoms with Crippen LogP contribution in [0.15, 0.2) is 42.6 Å². The Morgan fingerprint density at radius 2 is 1.91 bits per heavy atom. The van der Waals surface area contributed by atoms with Crippen LogP contribution in [0.2, 0.25) is 0 Å². The predicted octanol–water partition coefficient (Wildman–Crippen LogP) is 1.15. The van der Waals surface area contributed by atoms with E-state index in [0.29, 0.717) is 5.70 Å². The molecule has 114 valence electrons. The van der Waals surface area contributed by atoms with E-state index < -0.39 is 23.8 Å². The third-order valence-corrected chi connectivity index (χ3v) is 3.75. The number of urea groups is 1. The molecule has 3 rings (SSSR count). The summed E-state index contributed by atoms with van der Waals surface area (Å²) in [6.45, 7) is 3.93. The van der Waals surface area contributed by atoms with Crippen molar-refractivity contribution in [3.63, 3.8) is 0 Å². The lowest BCUT2D eigenvalue weighted by Gasteiger charge is -2.31. The van der Waals surface area contributed by atoms with Crippen LogP contribution in [0.4, 0.5) is 4.79 Å². The molecular weight excluding hydrogens is 282 g/mol. The highest BCUT2D eigenvalue weighted by Crippen LogP contribution is 2.24. The zero-order valence-electron chi connectivity index (χ0n) is 12.0. The quantitative estimate of drug-likeness (QED) is 0.799. The SMILES string of the molecule is C=C(NC1CC1)C1C(=O)NC(=O)N(Cc2ccccc2)C1=O. The number of nitrogens with zero attached hydrogens (tertiary/aromatic N) is 1. The third kappa shape index (κ3) is 2.86. The van der Waals surface area contributed by atoms with Crippen LogP contribution in [0, 0.1) is 5.92 Å². The molecule has 4 amide bonds. The van der Waals surface area contributed by atoms with E-state index in [2.05, 4.69) is 17.2 Å². The first-order valence-electron chi connectivity index (χ1n) is 7.21. The van der Waals surface area contributed by atoms with Crippen LogP contribution < -0.4 is 10.6 Å². The van der Waals surface area contributed by atoms with Crippen molar-refractivity contribution in [2.24, 2.45) is 5.92 Å². The van der Waals surface area contributed by atoms with Crippen LogP contribution in [0.25, 0.3) is 0 Å². The second kappa shape index (κ2) is 5.63. The lowest BCUT2D eigenvalue weighted by molar-refractivity contribution is -0.141. The molecule has 6 heteroatoms. The zero-order valence-corrected chi connectivity index (χ0v) is 12.0. The molecule has 1 aromatic rings. The molecule has 0 bridgehead atoms. The Hall–Kier alpha value is -2.63. The Morgan fingerprint density at radius 1 is 1.23 bits per heavy atom. The molecule has 1 saturated heterocycles. The summed E-state index contributed by atoms with van der Waals surface area (Å²) in [6, 6.07) is 8.76. The first kappa shape index (κ1) is 14.3. The van der Waals surface area contributed by atoms with Gasteiger partial charge in [0.2, 0.25) is 11.8 Å². The van der Waals surface area contributed by atoms with Crippen molar-refractivity contribution < 1.29 is 14.4 Å². The highest BCUT2D eigenvalue weighted by Gasteiger charge is 2.42. The minimum atomic E-state index is -1.05. The van der Waals surface area contributed by atoms with Crippen molar-refractivity contribution in [2.45, 2.75) is 25.4 Å². The summed E-state index contributed by atoms with van der Waals surface area (Å²) in [7, 11) is 0. The van der Waals surface area contributed by atoms with E-state index >= 15 is 0 Å². The van der Waals surface area contributed by atoms with E-state index in [1.165, 1.54) is 0 Å². The number of carbonyl (C=O) groups excluding carboxylic acids is 3. The van der Waals surface area contributed by atoms with E-state index in [9.17, 15) is 14.4 Å². The van der Waals surface area contributed by atoms with Gasteiger partial charge in [0, 0.05) is 11.7 Å². The van der Waals surface area contributed by atoms with Gasteiger partial charge in [0.1, 0.15) is 0 Å². The van der Waals surface area contributed by atoms with Gasteiger partial charge in [-0.05, 0) is 18.4 Å². The fraction of sp³-hybridized carbons (Fsp3) is 0.312. The van der Waals surface area contributed by atoms with Gasteiger partial charge in [-0.25, -0.2) is 4.79 Å². The monoisotopic (exact) mass is 299 g/mol. The van der Waals surface area contributed by atoms with Crippen LogP contribution in [-0.4, -0.2) is 28.8 Å². The summed E-state index contributed by atoms with van der Waals surface area (Å²) in [5.74, 6) is -2.20. The zero-order chi connectivity index (χ0) is 15.7. The van der Waals surface area contributed by atoms with Gasteiger partial charge >= 0.3 is 6.03 Å². The average Bonchev–Trinajstić information content (AvgIpc) is 3.28. The van der Waals surface area contributed by atoms with Gasteiger partial charge in [0.25, 0.3) is 0 Å². The lowest BCUT2D eigenvalue weighted by Crippen LogP contribution is -2.58. The number of hydrogen-bond donors (Lipinski definition) is 2. The molecule has 1 atom stereocenters. The van der Waals surface area contributed by atoms with Crippen molar-refractivity contribution in [1.29, 1.82) is 0 Å². The summed E-state index contributed by atoms with van der Waals surface area (Å²) in [5.41, 5.74) is 1.18. The Balaban J connectivity index is 1.77. The summed E-state index contributed by atoms with van der Waals surface area (Å²) < 4.78 is 0. The Morgan fingerprint density at radius 3 is 2.55 bits per heavy atom. The number of rotatable bonds is 5. The molecule has 2 fully saturated rings. The Kier molecular flexibility index (Phi) is 3.66. The Bertz CT molecular complexity index is 637. The minimum absolute atomic E-state index is 0.131. The normalized spacial score (nSPS) is 21.5. The molecule has 1 aliphatic carbocycles. The summed E-state index contributed by atoms with van der Waals surface area (Å²) in [6.07, 6.45) is 2.02. The fourth-order valence-corrected chi connectivity index (χ4v) is 2.41. The number of imide groups is 2. The number of amides is 4. The molecule has 2 aliphatic rings. The number of benzene rings is 1. The lowest BCUT2D eigenvalue weighted by atomic mass is 10.0. The standard InChI is InChI=1S/C16H17N3O3/c1-10(17-12-7-8-12)13-14(20)18-16(22)19(15(13)21)9-11-5-3-2-4-6-11/h2-6,12-13,17H,1,7-9H2,(H,18,20,22). The van der Waals surface area contributed by atoms with Gasteiger partial charge in [-0.1, -0.05) is 36.9 Å². The van der Waals surface area contributed by atoms with E-state index in [1.807, 2.05) is 30.3 Å². The molecular formula is C16H17N3O3. The highest BCUT2D eigenvalue weighted by atomic mass is 16.2. The van der Waals surface area contributed by atoms with Crippen molar-refractivity contribution in [1.82, 2.24) is 15.5 Å². The topological polar surface area (TPSA) is 78.5 Å². The van der Waals surface area contributed by atoms with Gasteiger partial charge in [0.15, 0.2) is 5.92 Å². The molecule has 6 nitrogen and oxygen atoms in total. The first-order valence-corrected chi connectivity index (χ1v) is 7.21.